The molecule has 0 radical (unpaired) electrons. The van der Waals surface area contributed by atoms with E-state index in [2.05, 4.69) is 137 Å². The van der Waals surface area contributed by atoms with Gasteiger partial charge in [0.2, 0.25) is 11.5 Å². The molecule has 0 amide bonds. The third kappa shape index (κ3) is 53.7. The second-order valence-electron chi connectivity index (χ2n) is 35.8. The van der Waals surface area contributed by atoms with Crippen molar-refractivity contribution in [1.82, 2.24) is 0 Å². The van der Waals surface area contributed by atoms with E-state index >= 15 is 0 Å². The van der Waals surface area contributed by atoms with E-state index in [9.17, 15) is 0 Å². The number of benzene rings is 6. The first-order valence-corrected chi connectivity index (χ1v) is 52.2. The maximum absolute atomic E-state index is 6.70. The average molecular weight is 1720 g/mol. The van der Waals surface area contributed by atoms with Crippen molar-refractivity contribution < 1.29 is 37.9 Å². The molecule has 0 aliphatic rings. The first-order chi connectivity index (χ1) is 62.4. The molecule has 0 saturated heterocycles. The van der Waals surface area contributed by atoms with Gasteiger partial charge in [0.05, 0.1) is 39.6 Å². The highest BCUT2D eigenvalue weighted by atomic mass is 16.6. The highest BCUT2D eigenvalue weighted by molar-refractivity contribution is 5.58. The summed E-state index contributed by atoms with van der Waals surface area (Å²) in [5.74, 6) is 31.7. The largest absolute Gasteiger partial charge is 0.489 e. The number of hydrogen-bond acceptors (Lipinski definition) is 8. The zero-order valence-electron chi connectivity index (χ0n) is 80.9. The fraction of sp³-hybridized carbons (Fsp3) is 0.627. The fourth-order valence-corrected chi connectivity index (χ4v) is 16.1. The summed E-state index contributed by atoms with van der Waals surface area (Å²) in [6.45, 7) is 18.4. The van der Waals surface area contributed by atoms with Gasteiger partial charge in [0, 0.05) is 57.6 Å². The lowest BCUT2D eigenvalue weighted by Crippen LogP contribution is -2.07. The molecule has 0 heterocycles. The van der Waals surface area contributed by atoms with Gasteiger partial charge in [-0.05, 0) is 134 Å². The SMILES string of the molecule is CCCCCCCCCCCCOc1cc(OCc2ccc(C#Cc3ccc(C#CC#Cc4ccc(C#Cc5ccc(COc6cc(OCCCCCCCCCCCC)c(OCCCCCCCCCCCC)c(OCCCCCCCCCCCC)c6)cc5)cc4)cc3)cc2)cc(OCCCCCCCCCCCC)c1OCCCCCCCCCCCC. The molecular formula is C118H174O8. The minimum Gasteiger partial charge on any atom is -0.489 e. The molecule has 0 aromatic heterocycles. The summed E-state index contributed by atoms with van der Waals surface area (Å²) in [6, 6.07) is 40.8. The normalized spacial score (nSPS) is 10.9. The molecule has 0 saturated carbocycles. The van der Waals surface area contributed by atoms with Gasteiger partial charge in [0.25, 0.3) is 0 Å². The van der Waals surface area contributed by atoms with E-state index in [1.54, 1.807) is 0 Å². The molecule has 0 N–H and O–H groups in total. The van der Waals surface area contributed by atoms with Gasteiger partial charge >= 0.3 is 0 Å². The van der Waals surface area contributed by atoms with Crippen molar-refractivity contribution in [2.75, 3.05) is 39.6 Å². The van der Waals surface area contributed by atoms with Crippen LogP contribution in [0.2, 0.25) is 0 Å². The molecule has 0 aliphatic heterocycles. The van der Waals surface area contributed by atoms with Crippen LogP contribution in [-0.2, 0) is 13.2 Å². The Morgan fingerprint density at radius 1 is 0.167 bits per heavy atom. The number of ether oxygens (including phenoxy) is 8. The van der Waals surface area contributed by atoms with E-state index in [0.717, 1.165) is 155 Å². The first-order valence-electron chi connectivity index (χ1n) is 52.2. The topological polar surface area (TPSA) is 73.8 Å². The molecule has 694 valence electrons. The molecule has 6 aromatic carbocycles. The summed E-state index contributed by atoms with van der Waals surface area (Å²) in [5, 5.41) is 0. The van der Waals surface area contributed by atoms with Gasteiger partial charge in [-0.1, -0.05) is 448 Å². The van der Waals surface area contributed by atoms with E-state index < -0.39 is 0 Å². The van der Waals surface area contributed by atoms with Crippen molar-refractivity contribution in [3.05, 3.63) is 166 Å². The lowest BCUT2D eigenvalue weighted by molar-refractivity contribution is 0.229. The van der Waals surface area contributed by atoms with Crippen molar-refractivity contribution in [3.8, 4) is 93.4 Å². The average Bonchev–Trinajstić information content (AvgIpc) is 0.824. The Hall–Kier alpha value is -8.04. The lowest BCUT2D eigenvalue weighted by atomic mass is 10.1. The Morgan fingerprint density at radius 2 is 0.325 bits per heavy atom. The number of rotatable bonds is 78. The minimum atomic E-state index is 0.397. The van der Waals surface area contributed by atoms with E-state index in [-0.39, 0.29) is 0 Å². The van der Waals surface area contributed by atoms with E-state index in [4.69, 9.17) is 37.9 Å². The second kappa shape index (κ2) is 75.9. The summed E-state index contributed by atoms with van der Waals surface area (Å²) in [4.78, 5) is 0. The quantitative estimate of drug-likeness (QED) is 0.0276. The van der Waals surface area contributed by atoms with Crippen molar-refractivity contribution >= 4 is 0 Å². The summed E-state index contributed by atoms with van der Waals surface area (Å²) in [7, 11) is 0. The number of hydrogen-bond donors (Lipinski definition) is 0. The summed E-state index contributed by atoms with van der Waals surface area (Å²) in [5.41, 5.74) is 7.56. The summed E-state index contributed by atoms with van der Waals surface area (Å²) >= 11 is 0. The van der Waals surface area contributed by atoms with Gasteiger partial charge in [-0.25, -0.2) is 0 Å². The molecule has 0 atom stereocenters. The van der Waals surface area contributed by atoms with Gasteiger partial charge in [0.15, 0.2) is 23.0 Å². The standard InChI is InChI=1S/C118H174O8/c1-7-13-19-25-31-37-43-49-55-63-91-119-113-97-111(98-114(120-92-64-56-50-44-38-32-26-20-14-8-2)117(113)123-95-67-59-53-47-41-35-29-23-17-11-5)125-101-109-87-83-107(84-88-109)81-79-105-75-71-103(72-76-105)69-61-62-70-104-73-77-106(78-74-104)80-82-108-85-89-110(90-86-108)102-126-112-99-115(121-93-65-57-51-45-39-33-27-21-15-9-3)118(124-96-68-60-54-48-42-36-30-24-18-12-6)116(100-112)122-94-66-58-52-46-40-34-28-22-16-10-4/h71-78,83-90,97-100H,7-60,63-68,91-96,101-102H2,1-6H3. The molecule has 8 nitrogen and oxygen atoms in total. The first kappa shape index (κ1) is 107. The predicted molar refractivity (Wildman–Crippen MR) is 537 cm³/mol. The van der Waals surface area contributed by atoms with Crippen LogP contribution in [0.3, 0.4) is 0 Å². The zero-order valence-corrected chi connectivity index (χ0v) is 80.9. The van der Waals surface area contributed by atoms with Crippen LogP contribution >= 0.6 is 0 Å². The van der Waals surface area contributed by atoms with Crippen LogP contribution in [0.5, 0.6) is 46.0 Å². The molecule has 8 heteroatoms. The van der Waals surface area contributed by atoms with Crippen LogP contribution in [0.25, 0.3) is 0 Å². The molecule has 6 rings (SSSR count). The highest BCUT2D eigenvalue weighted by Crippen LogP contribution is 2.44. The van der Waals surface area contributed by atoms with E-state index in [0.29, 0.717) is 52.9 Å². The summed E-state index contributed by atoms with van der Waals surface area (Å²) < 4.78 is 53.3. The van der Waals surface area contributed by atoms with Crippen LogP contribution in [0.4, 0.5) is 0 Å². The molecule has 0 spiro atoms. The Labute approximate surface area is 772 Å². The van der Waals surface area contributed by atoms with Gasteiger partial charge in [-0.2, -0.15) is 0 Å². The van der Waals surface area contributed by atoms with Gasteiger partial charge in [-0.3, -0.25) is 0 Å². The van der Waals surface area contributed by atoms with E-state index in [1.165, 1.54) is 321 Å². The van der Waals surface area contributed by atoms with E-state index in [1.807, 2.05) is 72.8 Å². The lowest BCUT2D eigenvalue weighted by Gasteiger charge is -2.19. The van der Waals surface area contributed by atoms with Gasteiger partial charge < -0.3 is 37.9 Å². The third-order valence-corrected chi connectivity index (χ3v) is 24.2. The van der Waals surface area contributed by atoms with Gasteiger partial charge in [0.1, 0.15) is 24.7 Å². The molecule has 6 aromatic rings. The fourth-order valence-electron chi connectivity index (χ4n) is 16.1. The van der Waals surface area contributed by atoms with Crippen LogP contribution in [0, 0.1) is 47.4 Å². The monoisotopic (exact) mass is 1720 g/mol. The van der Waals surface area contributed by atoms with Crippen molar-refractivity contribution in [3.63, 3.8) is 0 Å². The molecule has 0 fully saturated rings. The van der Waals surface area contributed by atoms with Crippen LogP contribution in [-0.4, -0.2) is 39.6 Å². The van der Waals surface area contributed by atoms with Crippen molar-refractivity contribution in [1.29, 1.82) is 0 Å². The highest BCUT2D eigenvalue weighted by Gasteiger charge is 2.20. The smallest absolute Gasteiger partial charge is 0.203 e. The molecule has 0 unspecified atom stereocenters. The summed E-state index contributed by atoms with van der Waals surface area (Å²) in [6.07, 6.45) is 76.9. The van der Waals surface area contributed by atoms with Crippen LogP contribution in [0.1, 0.15) is 471 Å². The van der Waals surface area contributed by atoms with Crippen molar-refractivity contribution in [2.24, 2.45) is 0 Å². The second-order valence-corrected chi connectivity index (χ2v) is 35.8. The third-order valence-electron chi connectivity index (χ3n) is 24.2. The Balaban J connectivity index is 1.02. The Bertz CT molecular complexity index is 3530. The number of unbranched alkanes of at least 4 members (excludes halogenated alkanes) is 54. The molecule has 0 aliphatic carbocycles. The maximum Gasteiger partial charge on any atom is 0.203 e. The molecule has 0 bridgehead atoms. The Morgan fingerprint density at radius 3 is 0.516 bits per heavy atom. The molecular weight excluding hydrogens is 1550 g/mol. The van der Waals surface area contributed by atoms with Crippen molar-refractivity contribution in [2.45, 2.75) is 440 Å². The van der Waals surface area contributed by atoms with Gasteiger partial charge in [-0.15, -0.1) is 0 Å². The molecule has 126 heavy (non-hydrogen) atoms. The maximum atomic E-state index is 6.70. The van der Waals surface area contributed by atoms with Crippen LogP contribution < -0.4 is 37.9 Å². The minimum absolute atomic E-state index is 0.397. The zero-order chi connectivity index (χ0) is 88.8. The van der Waals surface area contributed by atoms with Crippen LogP contribution in [0.15, 0.2) is 121 Å². The predicted octanol–water partition coefficient (Wildman–Crippen LogP) is 34.8. The Kier molecular flexibility index (Phi) is 64.3.